The highest BCUT2D eigenvalue weighted by Gasteiger charge is 2.19. The van der Waals surface area contributed by atoms with E-state index in [1.165, 1.54) is 0 Å². The van der Waals surface area contributed by atoms with Gasteiger partial charge in [0.15, 0.2) is 5.58 Å². The van der Waals surface area contributed by atoms with E-state index in [0.717, 1.165) is 11.1 Å². The second-order valence-electron chi connectivity index (χ2n) is 7.58. The summed E-state index contributed by atoms with van der Waals surface area (Å²) < 4.78 is 24.7. The van der Waals surface area contributed by atoms with Gasteiger partial charge in [-0.3, -0.25) is 9.20 Å². The van der Waals surface area contributed by atoms with Gasteiger partial charge >= 0.3 is 0 Å². The Morgan fingerprint density at radius 3 is 2.68 bits per heavy atom. The Kier molecular flexibility index (Phi) is 5.90. The van der Waals surface area contributed by atoms with Crippen LogP contribution in [0.3, 0.4) is 0 Å². The number of pyridine rings is 1. The van der Waals surface area contributed by atoms with E-state index in [9.17, 15) is 9.18 Å². The second-order valence-corrected chi connectivity index (χ2v) is 8.02. The third-order valence-electron chi connectivity index (χ3n) is 5.45. The summed E-state index contributed by atoms with van der Waals surface area (Å²) in [7, 11) is 0. The minimum atomic E-state index is -0.866. The Morgan fingerprint density at radius 2 is 1.91 bits per heavy atom. The molecule has 0 atom stereocenters. The molecule has 5 rings (SSSR count). The average Bonchev–Trinajstić information content (AvgIpc) is 3.43. The van der Waals surface area contributed by atoms with Crippen molar-refractivity contribution in [2.45, 2.75) is 19.9 Å². The fraction of sp³-hybridized carbons (Fsp3) is 0.160. The van der Waals surface area contributed by atoms with Crippen molar-refractivity contribution >= 4 is 34.3 Å². The van der Waals surface area contributed by atoms with Crippen molar-refractivity contribution in [3.8, 4) is 16.9 Å². The van der Waals surface area contributed by atoms with Crippen LogP contribution in [0.5, 0.6) is 5.75 Å². The zero-order chi connectivity index (χ0) is 23.7. The summed E-state index contributed by atoms with van der Waals surface area (Å²) in [4.78, 5) is 22.0. The highest BCUT2D eigenvalue weighted by Crippen LogP contribution is 2.27. The molecule has 0 fully saturated rings. The number of halogens is 2. The van der Waals surface area contributed by atoms with Crippen LogP contribution in [-0.2, 0) is 13.0 Å². The van der Waals surface area contributed by atoms with E-state index < -0.39 is 6.86 Å². The van der Waals surface area contributed by atoms with E-state index in [4.69, 9.17) is 20.8 Å². The number of nitrogens with one attached hydrogen (secondary N) is 1. The predicted molar refractivity (Wildman–Crippen MR) is 127 cm³/mol. The minimum absolute atomic E-state index is 0.127. The number of ether oxygens (including phenoxy) is 1. The van der Waals surface area contributed by atoms with Crippen LogP contribution in [0.1, 0.15) is 29.0 Å². The number of carbonyl (C=O) groups is 1. The fourth-order valence-electron chi connectivity index (χ4n) is 3.83. The van der Waals surface area contributed by atoms with Crippen LogP contribution >= 0.6 is 11.6 Å². The Labute approximate surface area is 199 Å². The first-order chi connectivity index (χ1) is 16.6. The second kappa shape index (κ2) is 9.15. The molecule has 0 aliphatic carbocycles. The van der Waals surface area contributed by atoms with Gasteiger partial charge in [-0.05, 0) is 47.9 Å². The van der Waals surface area contributed by atoms with Gasteiger partial charge in [-0.1, -0.05) is 36.7 Å². The van der Waals surface area contributed by atoms with Gasteiger partial charge in [0.1, 0.15) is 22.6 Å². The number of alkyl halides is 1. The molecule has 0 aliphatic heterocycles. The van der Waals surface area contributed by atoms with Gasteiger partial charge in [-0.2, -0.15) is 0 Å². The maximum Gasteiger partial charge on any atom is 0.270 e. The lowest BCUT2D eigenvalue weighted by atomic mass is 10.1. The maximum absolute atomic E-state index is 13.0. The van der Waals surface area contributed by atoms with Crippen LogP contribution < -0.4 is 10.1 Å². The lowest BCUT2D eigenvalue weighted by Gasteiger charge is -2.05. The predicted octanol–water partition coefficient (Wildman–Crippen LogP) is 5.59. The van der Waals surface area contributed by atoms with Crippen LogP contribution in [0.2, 0.25) is 5.02 Å². The van der Waals surface area contributed by atoms with Crippen LogP contribution in [0, 0.1) is 0 Å². The fourth-order valence-corrected chi connectivity index (χ4v) is 3.99. The van der Waals surface area contributed by atoms with Crippen molar-refractivity contribution in [1.82, 2.24) is 19.7 Å². The molecule has 0 saturated heterocycles. The van der Waals surface area contributed by atoms with Gasteiger partial charge in [0.05, 0.1) is 12.2 Å². The third-order valence-corrected chi connectivity index (χ3v) is 5.69. The van der Waals surface area contributed by atoms with E-state index in [2.05, 4.69) is 15.3 Å². The highest BCUT2D eigenvalue weighted by atomic mass is 35.5. The van der Waals surface area contributed by atoms with E-state index in [1.807, 2.05) is 37.3 Å². The highest BCUT2D eigenvalue weighted by molar-refractivity contribution is 6.30. The first-order valence-corrected chi connectivity index (χ1v) is 11.1. The monoisotopic (exact) mass is 478 g/mol. The Balaban J connectivity index is 1.35. The molecule has 0 aliphatic rings. The number of hydrogen-bond donors (Lipinski definition) is 1. The van der Waals surface area contributed by atoms with Crippen LogP contribution in [0.25, 0.3) is 27.9 Å². The maximum atomic E-state index is 13.0. The number of carbonyl (C=O) groups excluding carboxylic acids is 1. The molecule has 0 saturated carbocycles. The molecule has 34 heavy (non-hydrogen) atoms. The molecule has 5 aromatic rings. The van der Waals surface area contributed by atoms with Gasteiger partial charge in [0, 0.05) is 17.3 Å². The first-order valence-electron chi connectivity index (χ1n) is 10.7. The van der Waals surface area contributed by atoms with Gasteiger partial charge in [0.25, 0.3) is 5.91 Å². The number of rotatable bonds is 7. The number of imidazole rings is 1. The summed E-state index contributed by atoms with van der Waals surface area (Å²) in [5, 5.41) is 3.43. The Bertz CT molecular complexity index is 1490. The van der Waals surface area contributed by atoms with E-state index in [-0.39, 0.29) is 12.5 Å². The average molecular weight is 479 g/mol. The quantitative estimate of drug-likeness (QED) is 0.329. The summed E-state index contributed by atoms with van der Waals surface area (Å²) in [6, 6.07) is 16.2. The molecule has 0 spiro atoms. The first kappa shape index (κ1) is 21.9. The summed E-state index contributed by atoms with van der Waals surface area (Å²) in [5.41, 5.74) is 4.92. The van der Waals surface area contributed by atoms with Gasteiger partial charge in [0.2, 0.25) is 12.8 Å². The molecule has 1 amide bonds. The molecule has 3 aromatic heterocycles. The number of nitrogens with zero attached hydrogens (tertiary/aromatic N) is 3. The molecule has 172 valence electrons. The summed E-state index contributed by atoms with van der Waals surface area (Å²) in [5.74, 6) is 0.583. The number of benzene rings is 2. The Morgan fingerprint density at radius 1 is 1.12 bits per heavy atom. The van der Waals surface area contributed by atoms with Crippen LogP contribution in [0.4, 0.5) is 4.39 Å². The van der Waals surface area contributed by atoms with Crippen molar-refractivity contribution in [2.24, 2.45) is 0 Å². The van der Waals surface area contributed by atoms with Crippen molar-refractivity contribution < 1.29 is 18.3 Å². The van der Waals surface area contributed by atoms with Gasteiger partial charge in [-0.15, -0.1) is 0 Å². The normalized spacial score (nSPS) is 11.3. The lowest BCUT2D eigenvalue weighted by Crippen LogP contribution is -2.25. The zero-order valence-corrected chi connectivity index (χ0v) is 19.0. The van der Waals surface area contributed by atoms with E-state index in [0.29, 0.717) is 51.2 Å². The summed E-state index contributed by atoms with van der Waals surface area (Å²) in [6.45, 7) is 1.21. The summed E-state index contributed by atoms with van der Waals surface area (Å²) in [6.07, 6.45) is 2.34. The Hall–Kier alpha value is -3.91. The minimum Gasteiger partial charge on any atom is -0.463 e. The number of amides is 1. The SMILES string of the molecule is CCc1nc2cc(Cl)ccn2c1C(=O)NCc1nc2cc(-c3ccc(OCF)cc3)ccc2o1. The van der Waals surface area contributed by atoms with Gasteiger partial charge < -0.3 is 14.5 Å². The van der Waals surface area contributed by atoms with Crippen LogP contribution in [-0.4, -0.2) is 27.1 Å². The molecule has 2 aromatic carbocycles. The molecule has 7 nitrogen and oxygen atoms in total. The molecule has 9 heteroatoms. The molecular formula is C25H20ClFN4O3. The van der Waals surface area contributed by atoms with Crippen molar-refractivity contribution in [2.75, 3.05) is 6.86 Å². The molecule has 1 N–H and O–H groups in total. The molecular weight excluding hydrogens is 459 g/mol. The molecule has 3 heterocycles. The topological polar surface area (TPSA) is 81.7 Å². The van der Waals surface area contributed by atoms with Crippen molar-refractivity contribution in [3.63, 3.8) is 0 Å². The molecule has 0 bridgehead atoms. The molecule has 0 unspecified atom stereocenters. The lowest BCUT2D eigenvalue weighted by molar-refractivity contribution is 0.0940. The number of hydrogen-bond acceptors (Lipinski definition) is 5. The number of aryl methyl sites for hydroxylation is 1. The van der Waals surface area contributed by atoms with E-state index in [1.54, 1.807) is 34.9 Å². The summed E-state index contributed by atoms with van der Waals surface area (Å²) >= 11 is 6.06. The largest absolute Gasteiger partial charge is 0.463 e. The number of fused-ring (bicyclic) bond motifs is 2. The third kappa shape index (κ3) is 4.20. The van der Waals surface area contributed by atoms with Crippen molar-refractivity contribution in [3.05, 3.63) is 83.1 Å². The number of aromatic nitrogens is 3. The van der Waals surface area contributed by atoms with Crippen molar-refractivity contribution in [1.29, 1.82) is 0 Å². The van der Waals surface area contributed by atoms with Crippen LogP contribution in [0.15, 0.2) is 65.2 Å². The van der Waals surface area contributed by atoms with Gasteiger partial charge in [-0.25, -0.2) is 14.4 Å². The number of oxazole rings is 1. The van der Waals surface area contributed by atoms with E-state index >= 15 is 0 Å². The standard InChI is InChI=1S/C25H20ClFN4O3/c1-2-19-24(31-10-9-17(26)12-22(31)29-19)25(32)28-13-23-30-20-11-16(5-8-21(20)34-23)15-3-6-18(7-4-15)33-14-27/h3-12H,2,13-14H2,1H3,(H,28,32). The smallest absolute Gasteiger partial charge is 0.270 e. The zero-order valence-electron chi connectivity index (χ0n) is 18.2. The molecule has 0 radical (unpaired) electrons.